The van der Waals surface area contributed by atoms with E-state index in [9.17, 15) is 14.4 Å². The molecule has 4 N–H and O–H groups in total. The number of carbonyl (C=O) groups is 2. The lowest BCUT2D eigenvalue weighted by atomic mass is 9.63. The number of aromatic nitrogens is 1. The van der Waals surface area contributed by atoms with Crippen molar-refractivity contribution in [2.45, 2.75) is 58.4 Å². The van der Waals surface area contributed by atoms with Crippen molar-refractivity contribution in [1.82, 2.24) is 10.3 Å². The average Bonchev–Trinajstić information content (AvgIpc) is 3.33. The summed E-state index contributed by atoms with van der Waals surface area (Å²) in [6.07, 6.45) is 2.82. The second kappa shape index (κ2) is 10.5. The molecule has 7 nitrogen and oxygen atoms in total. The van der Waals surface area contributed by atoms with Crippen LogP contribution in [0.2, 0.25) is 0 Å². The van der Waals surface area contributed by atoms with Crippen molar-refractivity contribution >= 4 is 23.7 Å². The number of fused-ring (bicyclic) bond motifs is 2. The van der Waals surface area contributed by atoms with Gasteiger partial charge in [-0.1, -0.05) is 51.1 Å². The van der Waals surface area contributed by atoms with Gasteiger partial charge in [-0.25, -0.2) is 4.39 Å². The molecule has 2 aliphatic heterocycles. The molecule has 1 aromatic heterocycles. The summed E-state index contributed by atoms with van der Waals surface area (Å²) in [4.78, 5) is 36.4. The molecule has 0 aliphatic carbocycles. The highest BCUT2D eigenvalue weighted by atomic mass is 19.1. The number of aryl methyl sites for hydroxylation is 2. The van der Waals surface area contributed by atoms with Gasteiger partial charge in [0, 0.05) is 42.1 Å². The summed E-state index contributed by atoms with van der Waals surface area (Å²) in [6.45, 7) is 11.0. The first-order chi connectivity index (χ1) is 18.0. The molecule has 2 aliphatic rings. The standard InChI is InChI=1S/C24H29FN2O.C6H6N2O2/c1-14-9-10-17-19(11-14)27-22(28)24(17)18(13-26-20(24)12-23(3,4)5)16-8-6-7-15(2)21(16)25;9-4-8-5-1-2-7-6(10)3-5/h6-11,18,20,26H,12-13H2,1-5H3,(H,27,28);1-4H,(H2,7,8,9,10)/t18?,20?,24-;/m0./s1. The number of rotatable bonds is 4. The molecule has 2 amide bonds. The third kappa shape index (κ3) is 5.13. The topological polar surface area (TPSA) is 103 Å². The van der Waals surface area contributed by atoms with Gasteiger partial charge in [-0.2, -0.15) is 0 Å². The van der Waals surface area contributed by atoms with Crippen LogP contribution >= 0.6 is 0 Å². The molecule has 1 fully saturated rings. The number of amides is 2. The number of nitrogens with one attached hydrogen (secondary N) is 4. The van der Waals surface area contributed by atoms with Crippen LogP contribution in [0.1, 0.15) is 55.4 Å². The van der Waals surface area contributed by atoms with Gasteiger partial charge in [0.15, 0.2) is 0 Å². The fourth-order valence-electron chi connectivity index (χ4n) is 5.73. The Bertz CT molecular complexity index is 1410. The Kier molecular flexibility index (Phi) is 7.56. The SMILES string of the molecule is Cc1ccc2c(c1)NC(=O)[C@@]21C(CC(C)(C)C)NCC1c1cccc(C)c1F.O=CNc1cc[nH]c(=O)c1. The molecule has 0 saturated carbocycles. The molecule has 0 radical (unpaired) electrons. The molecular weight excluding hydrogens is 483 g/mol. The highest BCUT2D eigenvalue weighted by Crippen LogP contribution is 2.54. The number of halogens is 1. The summed E-state index contributed by atoms with van der Waals surface area (Å²) >= 11 is 0. The van der Waals surface area contributed by atoms with E-state index in [1.807, 2.05) is 25.1 Å². The Hall–Kier alpha value is -3.78. The molecule has 1 spiro atoms. The van der Waals surface area contributed by atoms with E-state index in [1.54, 1.807) is 19.1 Å². The largest absolute Gasteiger partial charge is 0.329 e. The predicted octanol–water partition coefficient (Wildman–Crippen LogP) is 4.77. The quantitative estimate of drug-likeness (QED) is 0.374. The van der Waals surface area contributed by atoms with Crippen molar-refractivity contribution in [2.24, 2.45) is 5.41 Å². The summed E-state index contributed by atoms with van der Waals surface area (Å²) < 4.78 is 15.2. The van der Waals surface area contributed by atoms with Crippen LogP contribution in [0.5, 0.6) is 0 Å². The normalized spacial score (nSPS) is 21.9. The van der Waals surface area contributed by atoms with E-state index in [4.69, 9.17) is 0 Å². The van der Waals surface area contributed by atoms with Crippen molar-refractivity contribution in [1.29, 1.82) is 0 Å². The number of hydrogen-bond acceptors (Lipinski definition) is 4. The van der Waals surface area contributed by atoms with Crippen molar-refractivity contribution < 1.29 is 14.0 Å². The zero-order valence-electron chi connectivity index (χ0n) is 22.4. The summed E-state index contributed by atoms with van der Waals surface area (Å²) in [5.74, 6) is -0.458. The number of pyridine rings is 1. The van der Waals surface area contributed by atoms with Crippen molar-refractivity contribution in [2.75, 3.05) is 17.2 Å². The van der Waals surface area contributed by atoms with Gasteiger partial charge in [-0.15, -0.1) is 0 Å². The molecule has 2 aromatic carbocycles. The number of benzene rings is 2. The minimum Gasteiger partial charge on any atom is -0.329 e. The molecular formula is C30H35FN4O3. The van der Waals surface area contributed by atoms with Gasteiger partial charge < -0.3 is 20.9 Å². The second-order valence-corrected chi connectivity index (χ2v) is 11.3. The van der Waals surface area contributed by atoms with Gasteiger partial charge in [0.25, 0.3) is 0 Å². The van der Waals surface area contributed by atoms with Crippen LogP contribution in [0.3, 0.4) is 0 Å². The Balaban J connectivity index is 0.000000283. The van der Waals surface area contributed by atoms with Gasteiger partial charge in [-0.05, 0) is 60.1 Å². The molecule has 2 unspecified atom stereocenters. The number of anilines is 2. The second-order valence-electron chi connectivity index (χ2n) is 11.3. The molecule has 3 atom stereocenters. The lowest BCUT2D eigenvalue weighted by Crippen LogP contribution is -2.49. The Morgan fingerprint density at radius 3 is 2.55 bits per heavy atom. The van der Waals surface area contributed by atoms with Crippen molar-refractivity contribution in [3.05, 3.63) is 93.2 Å². The average molecular weight is 519 g/mol. The highest BCUT2D eigenvalue weighted by Gasteiger charge is 2.61. The van der Waals surface area contributed by atoms with Crippen LogP contribution < -0.4 is 21.5 Å². The molecule has 8 heteroatoms. The first-order valence-electron chi connectivity index (χ1n) is 12.8. The lowest BCUT2D eigenvalue weighted by Gasteiger charge is -2.37. The Morgan fingerprint density at radius 2 is 1.87 bits per heavy atom. The number of hydrogen-bond donors (Lipinski definition) is 4. The van der Waals surface area contributed by atoms with E-state index in [1.165, 1.54) is 12.3 Å². The zero-order chi connectivity index (χ0) is 27.7. The maximum absolute atomic E-state index is 15.2. The Morgan fingerprint density at radius 1 is 1.11 bits per heavy atom. The molecule has 200 valence electrons. The van der Waals surface area contributed by atoms with Crippen LogP contribution in [0.15, 0.2) is 59.5 Å². The number of carbonyl (C=O) groups excluding carboxylic acids is 2. The summed E-state index contributed by atoms with van der Waals surface area (Å²) in [5.41, 5.74) is 3.72. The van der Waals surface area contributed by atoms with Crippen LogP contribution in [0.4, 0.5) is 15.8 Å². The molecule has 3 aromatic rings. The monoisotopic (exact) mass is 518 g/mol. The molecule has 3 heterocycles. The van der Waals surface area contributed by atoms with Crippen LogP contribution in [0, 0.1) is 25.1 Å². The zero-order valence-corrected chi connectivity index (χ0v) is 22.4. The number of aromatic amines is 1. The fourth-order valence-corrected chi connectivity index (χ4v) is 5.73. The summed E-state index contributed by atoms with van der Waals surface area (Å²) in [5, 5.41) is 9.07. The number of H-pyrrole nitrogens is 1. The molecule has 38 heavy (non-hydrogen) atoms. The summed E-state index contributed by atoms with van der Waals surface area (Å²) in [6, 6.07) is 14.5. The van der Waals surface area contributed by atoms with Gasteiger partial charge in [0.2, 0.25) is 17.9 Å². The lowest BCUT2D eigenvalue weighted by molar-refractivity contribution is -0.122. The minimum absolute atomic E-state index is 0.0155. The third-order valence-electron chi connectivity index (χ3n) is 7.33. The Labute approximate surface area is 222 Å². The maximum Gasteiger partial charge on any atom is 0.249 e. The molecule has 0 bridgehead atoms. The van der Waals surface area contributed by atoms with E-state index < -0.39 is 5.41 Å². The molecule has 5 rings (SSSR count). The van der Waals surface area contributed by atoms with Gasteiger partial charge in [0.05, 0.1) is 5.41 Å². The first-order valence-corrected chi connectivity index (χ1v) is 12.8. The highest BCUT2D eigenvalue weighted by molar-refractivity contribution is 6.08. The fraction of sp³-hybridized carbons (Fsp3) is 0.367. The first kappa shape index (κ1) is 27.3. The van der Waals surface area contributed by atoms with E-state index in [0.717, 1.165) is 23.2 Å². The van der Waals surface area contributed by atoms with Gasteiger partial charge in [0.1, 0.15) is 5.82 Å². The summed E-state index contributed by atoms with van der Waals surface area (Å²) in [7, 11) is 0. The van der Waals surface area contributed by atoms with Crippen molar-refractivity contribution in [3.63, 3.8) is 0 Å². The predicted molar refractivity (Wildman–Crippen MR) is 148 cm³/mol. The van der Waals surface area contributed by atoms with E-state index in [0.29, 0.717) is 29.8 Å². The van der Waals surface area contributed by atoms with E-state index >= 15 is 4.39 Å². The van der Waals surface area contributed by atoms with Gasteiger partial charge in [-0.3, -0.25) is 14.4 Å². The molecule has 1 saturated heterocycles. The van der Waals surface area contributed by atoms with E-state index in [-0.39, 0.29) is 34.7 Å². The minimum atomic E-state index is -0.801. The third-order valence-corrected chi connectivity index (χ3v) is 7.33. The van der Waals surface area contributed by atoms with Gasteiger partial charge >= 0.3 is 0 Å². The smallest absolute Gasteiger partial charge is 0.249 e. The van der Waals surface area contributed by atoms with E-state index in [2.05, 4.69) is 53.8 Å². The maximum atomic E-state index is 15.2. The van der Waals surface area contributed by atoms with Crippen LogP contribution in [-0.4, -0.2) is 29.9 Å². The van der Waals surface area contributed by atoms with Crippen LogP contribution in [-0.2, 0) is 15.0 Å². The van der Waals surface area contributed by atoms with Crippen molar-refractivity contribution in [3.8, 4) is 0 Å². The van der Waals surface area contributed by atoms with Crippen LogP contribution in [0.25, 0.3) is 0 Å².